The molecule has 1 aliphatic heterocycles. The lowest BCUT2D eigenvalue weighted by Crippen LogP contribution is -2.33. The number of carbonyl (C=O) groups is 1. The first-order valence-corrected chi connectivity index (χ1v) is 10.8. The monoisotopic (exact) mass is 489 g/mol. The summed E-state index contributed by atoms with van der Waals surface area (Å²) in [6, 6.07) is 11.2. The van der Waals surface area contributed by atoms with Crippen LogP contribution in [0, 0.1) is 10.5 Å². The molecule has 4 rings (SSSR count). The van der Waals surface area contributed by atoms with Gasteiger partial charge in [-0.3, -0.25) is 4.79 Å². The highest BCUT2D eigenvalue weighted by atomic mass is 127. The largest absolute Gasteiger partial charge is 0.390 e. The van der Waals surface area contributed by atoms with Crippen molar-refractivity contribution in [2.24, 2.45) is 4.99 Å². The van der Waals surface area contributed by atoms with E-state index in [1.54, 1.807) is 0 Å². The topological polar surface area (TPSA) is 64.9 Å². The number of nitrogens with one attached hydrogen (secondary N) is 1. The van der Waals surface area contributed by atoms with Gasteiger partial charge in [0.25, 0.3) is 5.91 Å². The first kappa shape index (κ1) is 19.4. The van der Waals surface area contributed by atoms with Gasteiger partial charge in [-0.2, -0.15) is 0 Å². The van der Waals surface area contributed by atoms with Crippen LogP contribution in [0.5, 0.6) is 0 Å². The zero-order valence-electron chi connectivity index (χ0n) is 15.9. The highest BCUT2D eigenvalue weighted by Crippen LogP contribution is 2.34. The summed E-state index contributed by atoms with van der Waals surface area (Å²) in [7, 11) is 0. The molecule has 0 saturated carbocycles. The van der Waals surface area contributed by atoms with E-state index in [2.05, 4.69) is 37.8 Å². The van der Waals surface area contributed by atoms with Gasteiger partial charge in [0.15, 0.2) is 0 Å². The van der Waals surface area contributed by atoms with Crippen LogP contribution in [0.2, 0.25) is 0 Å². The number of halogens is 1. The van der Waals surface area contributed by atoms with Crippen molar-refractivity contribution in [1.29, 1.82) is 0 Å². The first-order valence-electron chi connectivity index (χ1n) is 9.67. The maximum Gasteiger partial charge on any atom is 0.251 e. The molecule has 1 aliphatic carbocycles. The Kier molecular flexibility index (Phi) is 5.68. The number of carbonyl (C=O) groups excluding carboxylic acids is 1. The first-order chi connectivity index (χ1) is 13.5. The van der Waals surface area contributed by atoms with Crippen LogP contribution in [0.1, 0.15) is 45.9 Å². The number of nitrogens with zero attached hydrogens (tertiary/aromatic N) is 2. The van der Waals surface area contributed by atoms with Gasteiger partial charge in [-0.1, -0.05) is 12.1 Å². The van der Waals surface area contributed by atoms with Crippen molar-refractivity contribution in [3.63, 3.8) is 0 Å². The molecule has 1 fully saturated rings. The van der Waals surface area contributed by atoms with Crippen molar-refractivity contribution >= 4 is 40.5 Å². The molecule has 6 heteroatoms. The number of likely N-dealkylation sites (tertiary alicyclic amines) is 1. The van der Waals surface area contributed by atoms with Gasteiger partial charge in [-0.25, -0.2) is 4.99 Å². The van der Waals surface area contributed by atoms with E-state index in [1.807, 2.05) is 49.7 Å². The van der Waals surface area contributed by atoms with Crippen molar-refractivity contribution in [2.45, 2.75) is 38.3 Å². The minimum atomic E-state index is -0.624. The minimum Gasteiger partial charge on any atom is -0.390 e. The van der Waals surface area contributed by atoms with Crippen molar-refractivity contribution < 1.29 is 9.90 Å². The fourth-order valence-corrected chi connectivity index (χ4v) is 4.34. The normalized spacial score (nSPS) is 21.3. The van der Waals surface area contributed by atoms with Gasteiger partial charge < -0.3 is 15.3 Å². The maximum atomic E-state index is 12.7. The SMILES string of the molecule is Cc1ccc(C(=O)NC2c3cc(N=CN4CCCC4)ccc3C[C@@H]2O)cc1I. The molecule has 1 unspecified atom stereocenters. The van der Waals surface area contributed by atoms with Crippen molar-refractivity contribution in [3.8, 4) is 0 Å². The average Bonchev–Trinajstić information content (AvgIpc) is 3.30. The third-order valence-corrected chi connectivity index (χ3v) is 6.67. The fourth-order valence-electron chi connectivity index (χ4n) is 3.83. The molecule has 2 aliphatic rings. The van der Waals surface area contributed by atoms with Gasteiger partial charge in [0, 0.05) is 28.6 Å². The molecule has 1 amide bonds. The number of hydrogen-bond donors (Lipinski definition) is 2. The Hall–Kier alpha value is -1.93. The van der Waals surface area contributed by atoms with Gasteiger partial charge in [-0.05, 0) is 83.3 Å². The molecule has 0 bridgehead atoms. The Morgan fingerprint density at radius 2 is 2.04 bits per heavy atom. The lowest BCUT2D eigenvalue weighted by atomic mass is 10.1. The summed E-state index contributed by atoms with van der Waals surface area (Å²) in [5.74, 6) is -0.166. The summed E-state index contributed by atoms with van der Waals surface area (Å²) in [6.45, 7) is 4.13. The molecule has 2 aromatic carbocycles. The van der Waals surface area contributed by atoms with E-state index < -0.39 is 12.1 Å². The third-order valence-electron chi connectivity index (χ3n) is 5.51. The van der Waals surface area contributed by atoms with Crippen molar-refractivity contribution in [3.05, 3.63) is 62.2 Å². The van der Waals surface area contributed by atoms with E-state index in [0.29, 0.717) is 12.0 Å². The summed E-state index contributed by atoms with van der Waals surface area (Å²) in [5.41, 5.74) is 4.63. The molecule has 0 aromatic heterocycles. The Labute approximate surface area is 179 Å². The predicted molar refractivity (Wildman–Crippen MR) is 119 cm³/mol. The summed E-state index contributed by atoms with van der Waals surface area (Å²) in [5, 5.41) is 13.6. The number of amides is 1. The Morgan fingerprint density at radius 1 is 1.25 bits per heavy atom. The average molecular weight is 489 g/mol. The molecule has 28 heavy (non-hydrogen) atoms. The van der Waals surface area contributed by atoms with Crippen LogP contribution in [0.4, 0.5) is 5.69 Å². The number of aliphatic hydroxyl groups is 1. The number of aliphatic imine (C=N–C) groups is 1. The van der Waals surface area contributed by atoms with E-state index in [-0.39, 0.29) is 5.91 Å². The van der Waals surface area contributed by atoms with Crippen LogP contribution in [0.15, 0.2) is 41.4 Å². The Balaban J connectivity index is 1.53. The van der Waals surface area contributed by atoms with Crippen LogP contribution in [-0.2, 0) is 6.42 Å². The Bertz CT molecular complexity index is 922. The smallest absolute Gasteiger partial charge is 0.251 e. The summed E-state index contributed by atoms with van der Waals surface area (Å²) in [4.78, 5) is 19.6. The molecule has 5 nitrogen and oxygen atoms in total. The highest BCUT2D eigenvalue weighted by molar-refractivity contribution is 14.1. The van der Waals surface area contributed by atoms with Crippen LogP contribution in [0.25, 0.3) is 0 Å². The maximum absolute atomic E-state index is 12.7. The summed E-state index contributed by atoms with van der Waals surface area (Å²) >= 11 is 2.23. The number of aryl methyl sites for hydroxylation is 1. The number of rotatable bonds is 4. The van der Waals surface area contributed by atoms with Crippen LogP contribution in [-0.4, -0.2) is 41.4 Å². The predicted octanol–water partition coefficient (Wildman–Crippen LogP) is 3.74. The van der Waals surface area contributed by atoms with Gasteiger partial charge in [0.05, 0.1) is 24.2 Å². The zero-order chi connectivity index (χ0) is 19.7. The van der Waals surface area contributed by atoms with E-state index in [9.17, 15) is 9.90 Å². The molecule has 0 spiro atoms. The number of benzene rings is 2. The summed E-state index contributed by atoms with van der Waals surface area (Å²) < 4.78 is 1.05. The number of hydrogen-bond acceptors (Lipinski definition) is 3. The highest BCUT2D eigenvalue weighted by Gasteiger charge is 2.32. The molecular formula is C22H24IN3O2. The second-order valence-corrected chi connectivity index (χ2v) is 8.72. The molecule has 146 valence electrons. The van der Waals surface area contributed by atoms with Crippen LogP contribution >= 0.6 is 22.6 Å². The molecule has 2 N–H and O–H groups in total. The molecule has 1 saturated heterocycles. The number of fused-ring (bicyclic) bond motifs is 1. The van der Waals surface area contributed by atoms with Gasteiger partial charge >= 0.3 is 0 Å². The van der Waals surface area contributed by atoms with E-state index in [1.165, 1.54) is 12.8 Å². The van der Waals surface area contributed by atoms with Crippen molar-refractivity contribution in [2.75, 3.05) is 13.1 Å². The zero-order valence-corrected chi connectivity index (χ0v) is 18.0. The third kappa shape index (κ3) is 4.07. The molecule has 1 heterocycles. The molecule has 2 aromatic rings. The second kappa shape index (κ2) is 8.21. The standard InChI is InChI=1S/C22H24IN3O2/c1-14-4-5-16(10-19(14)23)22(28)25-21-18-12-17(7-6-15(18)11-20(21)27)24-13-26-8-2-3-9-26/h4-7,10,12-13,20-21,27H,2-3,8-9,11H2,1H3,(H,25,28)/t20-,21?/m0/s1. The van der Waals surface area contributed by atoms with Gasteiger partial charge in [-0.15, -0.1) is 0 Å². The molecule has 2 atom stereocenters. The van der Waals surface area contributed by atoms with Crippen LogP contribution < -0.4 is 5.32 Å². The summed E-state index contributed by atoms with van der Waals surface area (Å²) in [6.07, 6.45) is 4.26. The van der Waals surface area contributed by atoms with E-state index >= 15 is 0 Å². The van der Waals surface area contributed by atoms with E-state index in [0.717, 1.165) is 39.0 Å². The lowest BCUT2D eigenvalue weighted by Gasteiger charge is -2.18. The van der Waals surface area contributed by atoms with Crippen molar-refractivity contribution in [1.82, 2.24) is 10.2 Å². The van der Waals surface area contributed by atoms with Gasteiger partial charge in [0.2, 0.25) is 0 Å². The lowest BCUT2D eigenvalue weighted by molar-refractivity contribution is 0.0858. The fraction of sp³-hybridized carbons (Fsp3) is 0.364. The van der Waals surface area contributed by atoms with Crippen LogP contribution in [0.3, 0.4) is 0 Å². The van der Waals surface area contributed by atoms with E-state index in [4.69, 9.17) is 0 Å². The molecule has 0 radical (unpaired) electrons. The minimum absolute atomic E-state index is 0.166. The van der Waals surface area contributed by atoms with Gasteiger partial charge in [0.1, 0.15) is 0 Å². The molecular weight excluding hydrogens is 465 g/mol. The Morgan fingerprint density at radius 3 is 2.79 bits per heavy atom. The second-order valence-electron chi connectivity index (χ2n) is 7.56. The number of aliphatic hydroxyl groups excluding tert-OH is 1. The quantitative estimate of drug-likeness (QED) is 0.391.